The van der Waals surface area contributed by atoms with Crippen molar-refractivity contribution in [2.75, 3.05) is 26.2 Å². The van der Waals surface area contributed by atoms with Crippen LogP contribution in [0.3, 0.4) is 0 Å². The SMILES string of the molecule is Cc1[nH]c2ccccc2c1C(=O)[C@H](C)[NH+]1CCN(C(=O)c2ccccc2)CC1. The number of amides is 1. The number of hydrogen-bond acceptors (Lipinski definition) is 2. The van der Waals surface area contributed by atoms with Gasteiger partial charge in [0.1, 0.15) is 6.04 Å². The molecule has 4 rings (SSSR count). The number of rotatable bonds is 4. The average molecular weight is 376 g/mol. The van der Waals surface area contributed by atoms with Crippen LogP contribution < -0.4 is 4.90 Å². The Labute approximate surface area is 165 Å². The van der Waals surface area contributed by atoms with Crippen LogP contribution in [0.15, 0.2) is 54.6 Å². The molecule has 2 aromatic carbocycles. The van der Waals surface area contributed by atoms with E-state index in [1.54, 1.807) is 0 Å². The molecule has 3 aromatic rings. The van der Waals surface area contributed by atoms with E-state index in [4.69, 9.17) is 0 Å². The van der Waals surface area contributed by atoms with Gasteiger partial charge in [-0.3, -0.25) is 9.59 Å². The summed E-state index contributed by atoms with van der Waals surface area (Å²) in [4.78, 5) is 32.4. The number of carbonyl (C=O) groups excluding carboxylic acids is 2. The average Bonchev–Trinajstić information content (AvgIpc) is 3.08. The maximum atomic E-state index is 13.3. The van der Waals surface area contributed by atoms with Gasteiger partial charge in [-0.05, 0) is 32.0 Å². The predicted octanol–water partition coefficient (Wildman–Crippen LogP) is 2.09. The lowest BCUT2D eigenvalue weighted by Gasteiger charge is -2.35. The Bertz CT molecular complexity index is 1000. The number of fused-ring (bicyclic) bond motifs is 1. The van der Waals surface area contributed by atoms with Crippen molar-refractivity contribution >= 4 is 22.6 Å². The van der Waals surface area contributed by atoms with E-state index in [-0.39, 0.29) is 17.7 Å². The second-order valence-corrected chi connectivity index (χ2v) is 7.57. The summed E-state index contributed by atoms with van der Waals surface area (Å²) in [5.74, 6) is 0.249. The number of aromatic nitrogens is 1. The molecule has 2 N–H and O–H groups in total. The monoisotopic (exact) mass is 376 g/mol. The maximum Gasteiger partial charge on any atom is 0.254 e. The Morgan fingerprint density at radius 3 is 2.36 bits per heavy atom. The Balaban J connectivity index is 1.45. The normalized spacial score (nSPS) is 16.3. The summed E-state index contributed by atoms with van der Waals surface area (Å²) < 4.78 is 0. The van der Waals surface area contributed by atoms with E-state index < -0.39 is 0 Å². The van der Waals surface area contributed by atoms with Crippen molar-refractivity contribution in [2.45, 2.75) is 19.9 Å². The zero-order valence-electron chi connectivity index (χ0n) is 16.4. The van der Waals surface area contributed by atoms with Crippen LogP contribution in [0.4, 0.5) is 0 Å². The molecule has 0 radical (unpaired) electrons. The highest BCUT2D eigenvalue weighted by Gasteiger charge is 2.33. The smallest absolute Gasteiger partial charge is 0.254 e. The molecule has 144 valence electrons. The van der Waals surface area contributed by atoms with Crippen molar-refractivity contribution < 1.29 is 14.5 Å². The van der Waals surface area contributed by atoms with Crippen LogP contribution in [0.2, 0.25) is 0 Å². The molecule has 0 unspecified atom stereocenters. The molecular formula is C23H26N3O2+. The van der Waals surface area contributed by atoms with Gasteiger partial charge < -0.3 is 14.8 Å². The number of hydrogen-bond donors (Lipinski definition) is 2. The minimum atomic E-state index is -0.133. The minimum absolute atomic E-state index is 0.0751. The lowest BCUT2D eigenvalue weighted by atomic mass is 10.0. The number of ketones is 1. The van der Waals surface area contributed by atoms with Crippen molar-refractivity contribution in [2.24, 2.45) is 0 Å². The molecule has 0 bridgehead atoms. The fraction of sp³-hybridized carbons (Fsp3) is 0.304. The number of aryl methyl sites for hydroxylation is 1. The van der Waals surface area contributed by atoms with Crippen LogP contribution in [-0.4, -0.2) is 53.8 Å². The number of nitrogens with zero attached hydrogens (tertiary/aromatic N) is 1. The van der Waals surface area contributed by atoms with E-state index in [2.05, 4.69) is 4.98 Å². The summed E-state index contributed by atoms with van der Waals surface area (Å²) in [5.41, 5.74) is 3.46. The number of quaternary nitrogens is 1. The van der Waals surface area contributed by atoms with Gasteiger partial charge in [0.25, 0.3) is 5.91 Å². The van der Waals surface area contributed by atoms with Gasteiger partial charge in [-0.2, -0.15) is 0 Å². The molecular weight excluding hydrogens is 350 g/mol. The Kier molecular flexibility index (Phi) is 5.01. The second-order valence-electron chi connectivity index (χ2n) is 7.57. The Hall–Kier alpha value is -2.92. The number of H-pyrrole nitrogens is 1. The third-order valence-corrected chi connectivity index (χ3v) is 5.86. The van der Waals surface area contributed by atoms with Gasteiger partial charge >= 0.3 is 0 Å². The Morgan fingerprint density at radius 1 is 1.00 bits per heavy atom. The molecule has 2 heterocycles. The first-order chi connectivity index (χ1) is 13.6. The second kappa shape index (κ2) is 7.60. The number of carbonyl (C=O) groups is 2. The fourth-order valence-corrected chi connectivity index (χ4v) is 4.19. The van der Waals surface area contributed by atoms with Crippen molar-refractivity contribution in [1.82, 2.24) is 9.88 Å². The van der Waals surface area contributed by atoms with Gasteiger partial charge in [-0.15, -0.1) is 0 Å². The summed E-state index contributed by atoms with van der Waals surface area (Å²) in [6.07, 6.45) is 0. The highest BCUT2D eigenvalue weighted by Crippen LogP contribution is 2.22. The number of piperazine rings is 1. The summed E-state index contributed by atoms with van der Waals surface area (Å²) in [5, 5.41) is 0.995. The third-order valence-electron chi connectivity index (χ3n) is 5.86. The lowest BCUT2D eigenvalue weighted by Crippen LogP contribution is -3.18. The molecule has 28 heavy (non-hydrogen) atoms. The molecule has 1 amide bonds. The zero-order chi connectivity index (χ0) is 19.7. The van der Waals surface area contributed by atoms with E-state index in [1.165, 1.54) is 4.90 Å². The molecule has 1 aromatic heterocycles. The number of nitrogens with one attached hydrogen (secondary N) is 2. The maximum absolute atomic E-state index is 13.3. The first-order valence-electron chi connectivity index (χ1n) is 9.86. The summed E-state index contributed by atoms with van der Waals surface area (Å²) in [7, 11) is 0. The molecule has 1 saturated heterocycles. The van der Waals surface area contributed by atoms with Gasteiger partial charge in [0.05, 0.1) is 31.7 Å². The number of aromatic amines is 1. The summed E-state index contributed by atoms with van der Waals surface area (Å²) in [6, 6.07) is 17.2. The van der Waals surface area contributed by atoms with E-state index in [9.17, 15) is 9.59 Å². The van der Waals surface area contributed by atoms with Crippen molar-refractivity contribution in [3.63, 3.8) is 0 Å². The van der Waals surface area contributed by atoms with Crippen LogP contribution in [0.5, 0.6) is 0 Å². The lowest BCUT2D eigenvalue weighted by molar-refractivity contribution is -0.917. The first-order valence-corrected chi connectivity index (χ1v) is 9.86. The van der Waals surface area contributed by atoms with Gasteiger partial charge in [0, 0.05) is 22.2 Å². The zero-order valence-corrected chi connectivity index (χ0v) is 16.4. The van der Waals surface area contributed by atoms with Crippen LogP contribution in [0, 0.1) is 6.92 Å². The summed E-state index contributed by atoms with van der Waals surface area (Å²) >= 11 is 0. The van der Waals surface area contributed by atoms with Gasteiger partial charge in [0.2, 0.25) is 5.78 Å². The quantitative estimate of drug-likeness (QED) is 0.685. The molecule has 1 aliphatic rings. The van der Waals surface area contributed by atoms with E-state index in [1.807, 2.05) is 73.3 Å². The molecule has 1 fully saturated rings. The van der Waals surface area contributed by atoms with Crippen LogP contribution >= 0.6 is 0 Å². The fourth-order valence-electron chi connectivity index (χ4n) is 4.19. The molecule has 1 aliphatic heterocycles. The molecule has 5 nitrogen and oxygen atoms in total. The number of Topliss-reactive ketones (excluding diaryl/α,β-unsaturated/α-hetero) is 1. The minimum Gasteiger partial charge on any atom is -0.358 e. The van der Waals surface area contributed by atoms with Crippen molar-refractivity contribution in [1.29, 1.82) is 0 Å². The van der Waals surface area contributed by atoms with Crippen LogP contribution in [-0.2, 0) is 0 Å². The highest BCUT2D eigenvalue weighted by atomic mass is 16.2. The van der Waals surface area contributed by atoms with Crippen LogP contribution in [0.25, 0.3) is 10.9 Å². The highest BCUT2D eigenvalue weighted by molar-refractivity contribution is 6.10. The standard InChI is InChI=1S/C23H25N3O2/c1-16-21(19-10-6-7-11-20(19)24-16)22(27)17(2)25-12-14-26(15-13-25)23(28)18-8-4-3-5-9-18/h3-11,17,24H,12-15H2,1-2H3/p+1/t17-/m0/s1. The third kappa shape index (κ3) is 3.34. The van der Waals surface area contributed by atoms with Crippen molar-refractivity contribution in [3.05, 3.63) is 71.4 Å². The first kappa shape index (κ1) is 18.4. The molecule has 1 atom stereocenters. The van der Waals surface area contributed by atoms with E-state index in [0.717, 1.165) is 40.8 Å². The molecule has 0 saturated carbocycles. The molecule has 5 heteroatoms. The topological polar surface area (TPSA) is 57.6 Å². The summed E-state index contributed by atoms with van der Waals surface area (Å²) in [6.45, 7) is 6.89. The molecule has 0 aliphatic carbocycles. The molecule has 0 spiro atoms. The van der Waals surface area contributed by atoms with Gasteiger partial charge in [-0.25, -0.2) is 0 Å². The van der Waals surface area contributed by atoms with Gasteiger partial charge in [0.15, 0.2) is 0 Å². The van der Waals surface area contributed by atoms with Crippen molar-refractivity contribution in [3.8, 4) is 0 Å². The largest absolute Gasteiger partial charge is 0.358 e. The Morgan fingerprint density at radius 2 is 1.64 bits per heavy atom. The number of para-hydroxylation sites is 1. The van der Waals surface area contributed by atoms with E-state index >= 15 is 0 Å². The van der Waals surface area contributed by atoms with Crippen LogP contribution in [0.1, 0.15) is 33.3 Å². The van der Waals surface area contributed by atoms with E-state index in [0.29, 0.717) is 13.1 Å². The van der Waals surface area contributed by atoms with Gasteiger partial charge in [-0.1, -0.05) is 36.4 Å². The number of benzene rings is 2. The predicted molar refractivity (Wildman–Crippen MR) is 110 cm³/mol.